The van der Waals surface area contributed by atoms with E-state index in [1.54, 1.807) is 10.9 Å². The van der Waals surface area contributed by atoms with Crippen molar-refractivity contribution in [3.05, 3.63) is 63.3 Å². The van der Waals surface area contributed by atoms with E-state index in [-0.39, 0.29) is 0 Å². The van der Waals surface area contributed by atoms with Crippen molar-refractivity contribution >= 4 is 34.4 Å². The largest absolute Gasteiger partial charge is 0.494 e. The number of hydrogen-bond donors (Lipinski definition) is 1. The molecule has 2 aromatic carbocycles. The third-order valence-electron chi connectivity index (χ3n) is 3.29. The van der Waals surface area contributed by atoms with E-state index in [0.29, 0.717) is 17.2 Å². The molecule has 0 fully saturated rings. The van der Waals surface area contributed by atoms with Gasteiger partial charge in [0, 0.05) is 15.6 Å². The predicted octanol–water partition coefficient (Wildman–Crippen LogP) is 4.65. The first kappa shape index (κ1) is 16.6. The molecule has 7 heteroatoms. The molecule has 0 atom stereocenters. The summed E-state index contributed by atoms with van der Waals surface area (Å²) in [6.45, 7) is 2.59. The molecule has 0 bridgehead atoms. The number of nitrogens with one attached hydrogen (secondary N) is 1. The number of nitrogens with zero attached hydrogens (tertiary/aromatic N) is 3. The van der Waals surface area contributed by atoms with Gasteiger partial charge in [0.05, 0.1) is 12.8 Å². The zero-order valence-corrected chi connectivity index (χ0v) is 15.3. The Bertz CT molecular complexity index is 915. The van der Waals surface area contributed by atoms with Crippen molar-refractivity contribution in [2.75, 3.05) is 6.61 Å². The highest BCUT2D eigenvalue weighted by Gasteiger charge is 2.08. The highest BCUT2D eigenvalue weighted by molar-refractivity contribution is 9.10. The van der Waals surface area contributed by atoms with E-state index < -0.39 is 0 Å². The molecule has 24 heavy (non-hydrogen) atoms. The molecule has 5 nitrogen and oxygen atoms in total. The van der Waals surface area contributed by atoms with Gasteiger partial charge in [-0.1, -0.05) is 34.1 Å². The van der Waals surface area contributed by atoms with Gasteiger partial charge in [0.25, 0.3) is 0 Å². The van der Waals surface area contributed by atoms with E-state index in [0.717, 1.165) is 21.3 Å². The lowest BCUT2D eigenvalue weighted by atomic mass is 10.2. The molecule has 0 saturated heterocycles. The van der Waals surface area contributed by atoms with Gasteiger partial charge in [-0.2, -0.15) is 14.9 Å². The Morgan fingerprint density at radius 3 is 2.71 bits per heavy atom. The molecule has 122 valence electrons. The minimum atomic E-state index is 0.433. The van der Waals surface area contributed by atoms with Crippen molar-refractivity contribution in [1.29, 1.82) is 0 Å². The van der Waals surface area contributed by atoms with E-state index >= 15 is 0 Å². The van der Waals surface area contributed by atoms with Crippen LogP contribution in [0.1, 0.15) is 12.5 Å². The van der Waals surface area contributed by atoms with Crippen LogP contribution in [0.25, 0.3) is 11.4 Å². The summed E-state index contributed by atoms with van der Waals surface area (Å²) in [6.07, 6.45) is 1.74. The summed E-state index contributed by atoms with van der Waals surface area (Å²) >= 11 is 8.78. The van der Waals surface area contributed by atoms with E-state index in [2.05, 4.69) is 31.2 Å². The summed E-state index contributed by atoms with van der Waals surface area (Å²) in [6, 6.07) is 15.5. The van der Waals surface area contributed by atoms with Crippen molar-refractivity contribution in [1.82, 2.24) is 14.9 Å². The van der Waals surface area contributed by atoms with Gasteiger partial charge in [-0.15, -0.1) is 0 Å². The van der Waals surface area contributed by atoms with Crippen LogP contribution < -0.4 is 4.74 Å². The van der Waals surface area contributed by atoms with Gasteiger partial charge in [-0.3, -0.25) is 0 Å². The first-order valence-electron chi connectivity index (χ1n) is 7.38. The molecule has 3 aromatic rings. The number of ether oxygens (including phenoxy) is 1. The minimum Gasteiger partial charge on any atom is -0.494 e. The monoisotopic (exact) mass is 402 g/mol. The first-order valence-corrected chi connectivity index (χ1v) is 8.58. The highest BCUT2D eigenvalue weighted by atomic mass is 79.9. The molecular weight excluding hydrogens is 388 g/mol. The average Bonchev–Trinajstić information content (AvgIpc) is 2.96. The molecule has 0 aliphatic rings. The second kappa shape index (κ2) is 7.55. The van der Waals surface area contributed by atoms with E-state index in [9.17, 15) is 0 Å². The van der Waals surface area contributed by atoms with E-state index in [1.165, 1.54) is 0 Å². The molecule has 1 aromatic heterocycles. The maximum atomic E-state index is 5.46. The summed E-state index contributed by atoms with van der Waals surface area (Å²) in [5.74, 6) is 1.46. The molecule has 0 amide bonds. The van der Waals surface area contributed by atoms with Gasteiger partial charge >= 0.3 is 0 Å². The number of rotatable bonds is 5. The van der Waals surface area contributed by atoms with Crippen LogP contribution in [0.15, 0.2) is 58.1 Å². The molecule has 0 aliphatic heterocycles. The van der Waals surface area contributed by atoms with Crippen LogP contribution in [0.5, 0.6) is 5.75 Å². The Morgan fingerprint density at radius 1 is 1.25 bits per heavy atom. The SMILES string of the molecule is CCOc1ccc(-c2n[nH]c(=S)n2/N=C\c2ccccc2Br)cc1. The van der Waals surface area contributed by atoms with Crippen LogP contribution in [0.2, 0.25) is 0 Å². The molecule has 0 saturated carbocycles. The molecular formula is C17H15BrN4OS. The van der Waals surface area contributed by atoms with Gasteiger partial charge in [-0.05, 0) is 49.5 Å². The lowest BCUT2D eigenvalue weighted by Gasteiger charge is -2.04. The Kier molecular flexibility index (Phi) is 5.22. The van der Waals surface area contributed by atoms with Crippen LogP contribution in [-0.2, 0) is 0 Å². The van der Waals surface area contributed by atoms with Gasteiger partial charge in [0.2, 0.25) is 4.77 Å². The summed E-state index contributed by atoms with van der Waals surface area (Å²) in [4.78, 5) is 0. The van der Waals surface area contributed by atoms with Crippen LogP contribution in [0.3, 0.4) is 0 Å². The lowest BCUT2D eigenvalue weighted by molar-refractivity contribution is 0.340. The second-order valence-electron chi connectivity index (χ2n) is 4.89. The summed E-state index contributed by atoms with van der Waals surface area (Å²) in [7, 11) is 0. The van der Waals surface area contributed by atoms with Crippen molar-refractivity contribution in [2.45, 2.75) is 6.92 Å². The standard InChI is InChI=1S/C17H15BrN4OS/c1-2-23-14-9-7-12(8-10-14)16-20-21-17(24)22(16)19-11-13-5-3-4-6-15(13)18/h3-11H,2H2,1H3,(H,21,24)/b19-11-. The molecule has 0 spiro atoms. The Labute approximate surface area is 153 Å². The van der Waals surface area contributed by atoms with Gasteiger partial charge < -0.3 is 4.74 Å². The van der Waals surface area contributed by atoms with Crippen molar-refractivity contribution in [3.63, 3.8) is 0 Å². The van der Waals surface area contributed by atoms with Crippen LogP contribution in [-0.4, -0.2) is 27.7 Å². The van der Waals surface area contributed by atoms with Gasteiger partial charge in [0.15, 0.2) is 5.82 Å². The molecule has 1 N–H and O–H groups in total. The fourth-order valence-electron chi connectivity index (χ4n) is 2.15. The Balaban J connectivity index is 1.94. The molecule has 0 aliphatic carbocycles. The van der Waals surface area contributed by atoms with E-state index in [4.69, 9.17) is 17.0 Å². The zero-order valence-electron chi connectivity index (χ0n) is 12.9. The molecule has 3 rings (SSSR count). The fourth-order valence-corrected chi connectivity index (χ4v) is 2.72. The van der Waals surface area contributed by atoms with Crippen LogP contribution in [0, 0.1) is 4.77 Å². The zero-order chi connectivity index (χ0) is 16.9. The van der Waals surface area contributed by atoms with Crippen molar-refractivity contribution < 1.29 is 4.74 Å². The highest BCUT2D eigenvalue weighted by Crippen LogP contribution is 2.21. The molecule has 1 heterocycles. The van der Waals surface area contributed by atoms with Gasteiger partial charge in [-0.25, -0.2) is 5.10 Å². The fraction of sp³-hybridized carbons (Fsp3) is 0.118. The van der Waals surface area contributed by atoms with Crippen LogP contribution >= 0.6 is 28.1 Å². The van der Waals surface area contributed by atoms with Crippen LogP contribution in [0.4, 0.5) is 0 Å². The number of benzene rings is 2. The number of H-pyrrole nitrogens is 1. The maximum Gasteiger partial charge on any atom is 0.216 e. The minimum absolute atomic E-state index is 0.433. The predicted molar refractivity (Wildman–Crippen MR) is 101 cm³/mol. The third-order valence-corrected chi connectivity index (χ3v) is 4.28. The molecule has 0 radical (unpaired) electrons. The summed E-state index contributed by atoms with van der Waals surface area (Å²) in [5.41, 5.74) is 1.85. The Morgan fingerprint density at radius 2 is 2.00 bits per heavy atom. The number of aromatic amines is 1. The topological polar surface area (TPSA) is 55.2 Å². The second-order valence-corrected chi connectivity index (χ2v) is 6.13. The van der Waals surface area contributed by atoms with Crippen molar-refractivity contribution in [2.24, 2.45) is 5.10 Å². The van der Waals surface area contributed by atoms with Gasteiger partial charge in [0.1, 0.15) is 5.75 Å². The number of aromatic nitrogens is 3. The normalized spacial score (nSPS) is 11.1. The number of halogens is 1. The quantitative estimate of drug-likeness (QED) is 0.498. The lowest BCUT2D eigenvalue weighted by Crippen LogP contribution is -1.96. The first-order chi connectivity index (χ1) is 11.7. The average molecular weight is 403 g/mol. The van der Waals surface area contributed by atoms with Crippen molar-refractivity contribution in [3.8, 4) is 17.1 Å². The van der Waals surface area contributed by atoms with E-state index in [1.807, 2.05) is 55.5 Å². The summed E-state index contributed by atoms with van der Waals surface area (Å²) in [5, 5.41) is 11.5. The summed E-state index contributed by atoms with van der Waals surface area (Å²) < 4.78 is 8.46. The maximum absolute atomic E-state index is 5.46. The third kappa shape index (κ3) is 3.63. The smallest absolute Gasteiger partial charge is 0.216 e. The molecule has 0 unspecified atom stereocenters. The Hall–Kier alpha value is -2.25. The number of hydrogen-bond acceptors (Lipinski definition) is 4.